The van der Waals surface area contributed by atoms with Gasteiger partial charge in [-0.2, -0.15) is 0 Å². The standard InChI is InChI=1S/C40H39ClO9/c1-40(2,50-34-17-13-30(41)14-18-34)39(44)49-35-23-5-26(25-36(35)45-3)6-24-37(42)48-33-21-19-32(20-22-33)47-31-15-11-28(12-16-31)27-7-9-29(10-8-27)38(43)46-4/h5-18,23-25,32-33H,19-22H2,1-4H3. The first-order valence-electron chi connectivity index (χ1n) is 16.2. The van der Waals surface area contributed by atoms with Gasteiger partial charge in [0.1, 0.15) is 17.6 Å². The molecule has 0 heterocycles. The highest BCUT2D eigenvalue weighted by Crippen LogP contribution is 2.32. The molecule has 4 aromatic carbocycles. The lowest BCUT2D eigenvalue weighted by Gasteiger charge is -2.28. The molecule has 0 bridgehead atoms. The summed E-state index contributed by atoms with van der Waals surface area (Å²) in [4.78, 5) is 37.3. The van der Waals surface area contributed by atoms with Crippen molar-refractivity contribution < 1.29 is 42.8 Å². The highest BCUT2D eigenvalue weighted by Gasteiger charge is 2.33. The molecule has 5 rings (SSSR count). The molecule has 0 aliphatic heterocycles. The second-order valence-electron chi connectivity index (χ2n) is 12.2. The van der Waals surface area contributed by atoms with E-state index in [-0.39, 0.29) is 23.9 Å². The van der Waals surface area contributed by atoms with Crippen LogP contribution in [0, 0.1) is 0 Å². The van der Waals surface area contributed by atoms with E-state index in [9.17, 15) is 14.4 Å². The van der Waals surface area contributed by atoms with E-state index >= 15 is 0 Å². The Kier molecular flexibility index (Phi) is 11.8. The Morgan fingerprint density at radius 3 is 1.96 bits per heavy atom. The summed E-state index contributed by atoms with van der Waals surface area (Å²) >= 11 is 5.93. The van der Waals surface area contributed by atoms with E-state index in [1.54, 1.807) is 74.5 Å². The number of hydrogen-bond donors (Lipinski definition) is 0. The summed E-state index contributed by atoms with van der Waals surface area (Å²) in [5, 5.41) is 0.557. The molecule has 260 valence electrons. The Morgan fingerprint density at radius 1 is 0.740 bits per heavy atom. The third-order valence-corrected chi connectivity index (χ3v) is 8.43. The fraction of sp³-hybridized carbons (Fsp3) is 0.275. The maximum Gasteiger partial charge on any atom is 0.355 e. The second-order valence-corrected chi connectivity index (χ2v) is 12.7. The van der Waals surface area contributed by atoms with Crippen LogP contribution >= 0.6 is 11.6 Å². The first-order chi connectivity index (χ1) is 24.0. The lowest BCUT2D eigenvalue weighted by atomic mass is 9.95. The summed E-state index contributed by atoms with van der Waals surface area (Å²) in [5.41, 5.74) is 1.87. The van der Waals surface area contributed by atoms with Crippen molar-refractivity contribution in [3.8, 4) is 34.1 Å². The molecule has 4 aromatic rings. The van der Waals surface area contributed by atoms with Crippen molar-refractivity contribution in [1.82, 2.24) is 0 Å². The largest absolute Gasteiger partial charge is 0.493 e. The van der Waals surface area contributed by atoms with Gasteiger partial charge >= 0.3 is 17.9 Å². The van der Waals surface area contributed by atoms with Crippen LogP contribution < -0.4 is 18.9 Å². The van der Waals surface area contributed by atoms with E-state index in [1.165, 1.54) is 20.3 Å². The number of methoxy groups -OCH3 is 2. The third kappa shape index (κ3) is 9.66. The lowest BCUT2D eigenvalue weighted by molar-refractivity contribution is -0.149. The van der Waals surface area contributed by atoms with Crippen LogP contribution in [0.1, 0.15) is 55.5 Å². The normalized spacial score (nSPS) is 15.9. The topological polar surface area (TPSA) is 107 Å². The molecular weight excluding hydrogens is 660 g/mol. The number of carbonyl (C=O) groups excluding carboxylic acids is 3. The van der Waals surface area contributed by atoms with Gasteiger partial charge in [-0.15, -0.1) is 0 Å². The van der Waals surface area contributed by atoms with Gasteiger partial charge in [0, 0.05) is 11.1 Å². The van der Waals surface area contributed by atoms with Gasteiger partial charge in [0.05, 0.1) is 25.9 Å². The molecule has 9 nitrogen and oxygen atoms in total. The smallest absolute Gasteiger partial charge is 0.355 e. The molecule has 1 aliphatic rings. The summed E-state index contributed by atoms with van der Waals surface area (Å²) in [6, 6.07) is 26.7. The molecule has 0 amide bonds. The van der Waals surface area contributed by atoms with Crippen molar-refractivity contribution in [2.75, 3.05) is 14.2 Å². The van der Waals surface area contributed by atoms with Crippen LogP contribution in [0.5, 0.6) is 23.0 Å². The van der Waals surface area contributed by atoms with Gasteiger partial charge in [-0.05, 0) is 123 Å². The first kappa shape index (κ1) is 36.0. The van der Waals surface area contributed by atoms with Crippen LogP contribution in [0.4, 0.5) is 0 Å². The Balaban J connectivity index is 1.07. The molecule has 50 heavy (non-hydrogen) atoms. The fourth-order valence-electron chi connectivity index (χ4n) is 5.40. The van der Waals surface area contributed by atoms with Gasteiger partial charge in [0.15, 0.2) is 11.5 Å². The van der Waals surface area contributed by atoms with Crippen LogP contribution in [-0.2, 0) is 19.1 Å². The highest BCUT2D eigenvalue weighted by molar-refractivity contribution is 6.30. The van der Waals surface area contributed by atoms with Crippen molar-refractivity contribution in [1.29, 1.82) is 0 Å². The molecule has 0 unspecified atom stereocenters. The minimum Gasteiger partial charge on any atom is -0.493 e. The first-order valence-corrected chi connectivity index (χ1v) is 16.6. The quantitative estimate of drug-likeness (QED) is 0.0818. The van der Waals surface area contributed by atoms with Crippen molar-refractivity contribution in [3.63, 3.8) is 0 Å². The van der Waals surface area contributed by atoms with Crippen molar-refractivity contribution >= 4 is 35.6 Å². The van der Waals surface area contributed by atoms with Crippen molar-refractivity contribution in [2.45, 2.75) is 57.3 Å². The minimum absolute atomic E-state index is 0.0281. The van der Waals surface area contributed by atoms with Crippen LogP contribution in [0.25, 0.3) is 17.2 Å². The zero-order valence-electron chi connectivity index (χ0n) is 28.4. The number of rotatable bonds is 12. The van der Waals surface area contributed by atoms with E-state index in [2.05, 4.69) is 0 Å². The molecule has 0 atom stereocenters. The van der Waals surface area contributed by atoms with Gasteiger partial charge in [-0.1, -0.05) is 41.9 Å². The predicted molar refractivity (Wildman–Crippen MR) is 190 cm³/mol. The van der Waals surface area contributed by atoms with Crippen LogP contribution in [0.15, 0.2) is 97.1 Å². The number of benzene rings is 4. The van der Waals surface area contributed by atoms with Crippen LogP contribution in [0.3, 0.4) is 0 Å². The monoisotopic (exact) mass is 698 g/mol. The summed E-state index contributed by atoms with van der Waals surface area (Å²) in [7, 11) is 2.83. The molecule has 0 spiro atoms. The van der Waals surface area contributed by atoms with Crippen LogP contribution in [-0.4, -0.2) is 49.9 Å². The summed E-state index contributed by atoms with van der Waals surface area (Å²) < 4.78 is 33.5. The van der Waals surface area contributed by atoms with Crippen LogP contribution in [0.2, 0.25) is 5.02 Å². The van der Waals surface area contributed by atoms with Gasteiger partial charge in [-0.25, -0.2) is 14.4 Å². The molecule has 1 fully saturated rings. The third-order valence-electron chi connectivity index (χ3n) is 8.18. The van der Waals surface area contributed by atoms with Gasteiger partial charge in [0.2, 0.25) is 5.60 Å². The molecule has 0 N–H and O–H groups in total. The number of carbonyl (C=O) groups is 3. The molecule has 1 saturated carbocycles. The summed E-state index contributed by atoms with van der Waals surface area (Å²) in [5.74, 6) is 0.355. The van der Waals surface area contributed by atoms with Crippen molar-refractivity contribution in [2.24, 2.45) is 0 Å². The Morgan fingerprint density at radius 2 is 1.34 bits per heavy atom. The predicted octanol–water partition coefficient (Wildman–Crippen LogP) is 8.51. The van der Waals surface area contributed by atoms with E-state index in [1.807, 2.05) is 36.4 Å². The summed E-state index contributed by atoms with van der Waals surface area (Å²) in [6.45, 7) is 3.21. The van der Waals surface area contributed by atoms with E-state index in [0.717, 1.165) is 29.7 Å². The minimum atomic E-state index is -1.29. The van der Waals surface area contributed by atoms with E-state index in [4.69, 9.17) is 40.0 Å². The molecule has 0 saturated heterocycles. The fourth-order valence-corrected chi connectivity index (χ4v) is 5.53. The average Bonchev–Trinajstić information content (AvgIpc) is 3.13. The number of esters is 3. The Hall–Kier alpha value is -5.28. The zero-order chi connectivity index (χ0) is 35.7. The van der Waals surface area contributed by atoms with Crippen molar-refractivity contribution in [3.05, 3.63) is 113 Å². The SMILES string of the molecule is COC(=O)c1ccc(-c2ccc(OC3CCC(OC(=O)C=Cc4ccc(OC(=O)C(C)(C)Oc5ccc(Cl)cc5)c(OC)c4)CC3)cc2)cc1. The summed E-state index contributed by atoms with van der Waals surface area (Å²) in [6.07, 6.45) is 5.74. The molecule has 0 radical (unpaired) electrons. The van der Waals surface area contributed by atoms with Gasteiger partial charge in [-0.3, -0.25) is 0 Å². The molecule has 1 aliphatic carbocycles. The second kappa shape index (κ2) is 16.4. The Bertz CT molecular complexity index is 1810. The molecule has 0 aromatic heterocycles. The maximum atomic E-state index is 12.9. The Labute approximate surface area is 296 Å². The van der Waals surface area contributed by atoms with E-state index < -0.39 is 17.5 Å². The molecule has 10 heteroatoms. The molecular formula is C40H39ClO9. The lowest BCUT2D eigenvalue weighted by Crippen LogP contribution is -2.41. The number of halogens is 1. The zero-order valence-corrected chi connectivity index (χ0v) is 29.1. The average molecular weight is 699 g/mol. The maximum absolute atomic E-state index is 12.9. The highest BCUT2D eigenvalue weighted by atomic mass is 35.5. The number of hydrogen-bond acceptors (Lipinski definition) is 9. The van der Waals surface area contributed by atoms with Gasteiger partial charge < -0.3 is 28.4 Å². The van der Waals surface area contributed by atoms with Gasteiger partial charge in [0.25, 0.3) is 0 Å². The van der Waals surface area contributed by atoms with E-state index in [0.29, 0.717) is 40.5 Å². The number of ether oxygens (including phenoxy) is 6.